The molecule has 0 fully saturated rings. The lowest BCUT2D eigenvalue weighted by atomic mass is 10.3. The van der Waals surface area contributed by atoms with Gasteiger partial charge >= 0.3 is 6.18 Å². The molecule has 2 heterocycles. The summed E-state index contributed by atoms with van der Waals surface area (Å²) in [5, 5.41) is 9.53. The van der Waals surface area contributed by atoms with Crippen molar-refractivity contribution >= 4 is 34.7 Å². The summed E-state index contributed by atoms with van der Waals surface area (Å²) in [7, 11) is 0. The number of alkyl halides is 3. The Kier molecular flexibility index (Phi) is 4.34. The third-order valence-corrected chi connectivity index (χ3v) is 4.51. The van der Waals surface area contributed by atoms with Gasteiger partial charge in [0, 0.05) is 6.20 Å². The van der Waals surface area contributed by atoms with Gasteiger partial charge in [-0.05, 0) is 23.9 Å². The second-order valence-corrected chi connectivity index (χ2v) is 6.05. The van der Waals surface area contributed by atoms with Gasteiger partial charge in [-0.15, -0.1) is 11.3 Å². The van der Waals surface area contributed by atoms with Gasteiger partial charge in [0.05, 0.1) is 17.0 Å². The number of pyridine rings is 1. The van der Waals surface area contributed by atoms with E-state index >= 15 is 0 Å². The summed E-state index contributed by atoms with van der Waals surface area (Å²) in [5.41, 5.74) is -0.801. The molecule has 2 aromatic rings. The van der Waals surface area contributed by atoms with Crippen molar-refractivity contribution in [2.75, 3.05) is 0 Å². The number of aromatic nitrogens is 2. The maximum atomic E-state index is 12.3. The van der Waals surface area contributed by atoms with E-state index in [-0.39, 0.29) is 11.8 Å². The van der Waals surface area contributed by atoms with Crippen LogP contribution in [0.5, 0.6) is 0 Å². The van der Waals surface area contributed by atoms with Crippen LogP contribution in [-0.4, -0.2) is 15.1 Å². The molecule has 0 unspecified atom stereocenters. The van der Waals surface area contributed by atoms with Crippen molar-refractivity contribution in [3.05, 3.63) is 33.9 Å². The van der Waals surface area contributed by atoms with Crippen molar-refractivity contribution in [2.24, 2.45) is 0 Å². The average molecular weight is 327 g/mol. The summed E-state index contributed by atoms with van der Waals surface area (Å²) >= 11 is 8.02. The van der Waals surface area contributed by atoms with Gasteiger partial charge in [0.25, 0.3) is 0 Å². The predicted octanol–water partition coefficient (Wildman–Crippen LogP) is 3.85. The normalized spacial score (nSPS) is 11.8. The molecule has 102 valence electrons. The largest absolute Gasteiger partial charge is 0.417 e. The van der Waals surface area contributed by atoms with E-state index in [0.717, 1.165) is 24.0 Å². The molecule has 9 heteroatoms. The van der Waals surface area contributed by atoms with Crippen LogP contribution in [0.4, 0.5) is 13.2 Å². The molecule has 0 aliphatic heterocycles. The van der Waals surface area contributed by atoms with Gasteiger partial charge < -0.3 is 5.11 Å². The summed E-state index contributed by atoms with van der Waals surface area (Å²) in [4.78, 5) is 8.19. The fraction of sp³-hybridized carbons (Fsp3) is 0.200. The Morgan fingerprint density at radius 1 is 1.37 bits per heavy atom. The van der Waals surface area contributed by atoms with Crippen LogP contribution in [0.2, 0.25) is 5.15 Å². The second-order valence-electron chi connectivity index (χ2n) is 3.34. The molecular formula is C10H6ClF3N2OS2. The van der Waals surface area contributed by atoms with Gasteiger partial charge in [0.1, 0.15) is 10.2 Å². The van der Waals surface area contributed by atoms with Crippen molar-refractivity contribution in [1.82, 2.24) is 9.97 Å². The standard InChI is InChI=1S/C10H6ClF3N2OS2/c11-8-6(4-17)18-9(16-8)19-7-2-1-5(3-15-7)10(12,13)14/h1-3,17H,4H2. The topological polar surface area (TPSA) is 46.0 Å². The molecule has 0 amide bonds. The number of halogens is 4. The Labute approximate surface area is 119 Å². The number of hydrogen-bond donors (Lipinski definition) is 1. The lowest BCUT2D eigenvalue weighted by molar-refractivity contribution is -0.137. The molecule has 0 aliphatic rings. The van der Waals surface area contributed by atoms with Crippen LogP contribution in [-0.2, 0) is 12.8 Å². The Hall–Kier alpha value is -0.830. The van der Waals surface area contributed by atoms with E-state index in [1.165, 1.54) is 17.4 Å². The zero-order valence-corrected chi connectivity index (χ0v) is 11.5. The summed E-state index contributed by atoms with van der Waals surface area (Å²) < 4.78 is 37.6. The lowest BCUT2D eigenvalue weighted by Gasteiger charge is -2.05. The molecule has 0 saturated carbocycles. The fourth-order valence-corrected chi connectivity index (χ4v) is 3.34. The van der Waals surface area contributed by atoms with Gasteiger partial charge in [-0.2, -0.15) is 13.2 Å². The summed E-state index contributed by atoms with van der Waals surface area (Å²) in [5.74, 6) is 0. The molecule has 2 rings (SSSR count). The summed E-state index contributed by atoms with van der Waals surface area (Å²) in [6.45, 7) is -0.225. The van der Waals surface area contributed by atoms with Crippen LogP contribution in [0.3, 0.4) is 0 Å². The highest BCUT2D eigenvalue weighted by Crippen LogP contribution is 2.35. The molecule has 2 aromatic heterocycles. The van der Waals surface area contributed by atoms with E-state index in [1.807, 2.05) is 0 Å². The Bertz CT molecular complexity index is 571. The molecule has 0 saturated heterocycles. The number of rotatable bonds is 3. The van der Waals surface area contributed by atoms with Crippen molar-refractivity contribution in [3.8, 4) is 0 Å². The molecule has 0 aromatic carbocycles. The van der Waals surface area contributed by atoms with Crippen molar-refractivity contribution in [1.29, 1.82) is 0 Å². The smallest absolute Gasteiger partial charge is 0.391 e. The van der Waals surface area contributed by atoms with Crippen LogP contribution in [0.15, 0.2) is 27.7 Å². The first-order valence-electron chi connectivity index (χ1n) is 4.87. The third kappa shape index (κ3) is 3.59. The van der Waals surface area contributed by atoms with E-state index in [1.54, 1.807) is 0 Å². The van der Waals surface area contributed by atoms with Gasteiger partial charge in [-0.1, -0.05) is 11.6 Å². The predicted molar refractivity (Wildman–Crippen MR) is 66.4 cm³/mol. The fourth-order valence-electron chi connectivity index (χ4n) is 1.15. The Morgan fingerprint density at radius 3 is 2.58 bits per heavy atom. The number of hydrogen-bond acceptors (Lipinski definition) is 5. The van der Waals surface area contributed by atoms with E-state index in [2.05, 4.69) is 9.97 Å². The first-order valence-corrected chi connectivity index (χ1v) is 6.88. The second kappa shape index (κ2) is 5.66. The van der Waals surface area contributed by atoms with Crippen LogP contribution in [0.25, 0.3) is 0 Å². The van der Waals surface area contributed by atoms with Gasteiger partial charge in [-0.25, -0.2) is 9.97 Å². The van der Waals surface area contributed by atoms with Crippen molar-refractivity contribution < 1.29 is 18.3 Å². The van der Waals surface area contributed by atoms with E-state index in [0.29, 0.717) is 14.2 Å². The van der Waals surface area contributed by atoms with Crippen molar-refractivity contribution in [2.45, 2.75) is 22.1 Å². The average Bonchev–Trinajstić information content (AvgIpc) is 2.69. The molecule has 0 bridgehead atoms. The highest BCUT2D eigenvalue weighted by atomic mass is 35.5. The van der Waals surface area contributed by atoms with E-state index < -0.39 is 11.7 Å². The number of aliphatic hydroxyl groups is 1. The van der Waals surface area contributed by atoms with E-state index in [4.69, 9.17) is 16.7 Å². The minimum absolute atomic E-state index is 0.196. The van der Waals surface area contributed by atoms with Crippen LogP contribution >= 0.6 is 34.7 Å². The Balaban J connectivity index is 2.15. The highest BCUT2D eigenvalue weighted by Gasteiger charge is 2.30. The molecule has 0 spiro atoms. The summed E-state index contributed by atoms with van der Waals surface area (Å²) in [6, 6.07) is 2.22. The van der Waals surface area contributed by atoms with Gasteiger partial charge in [-0.3, -0.25) is 0 Å². The minimum Gasteiger partial charge on any atom is -0.391 e. The Morgan fingerprint density at radius 2 is 2.11 bits per heavy atom. The molecule has 0 radical (unpaired) electrons. The molecule has 19 heavy (non-hydrogen) atoms. The maximum Gasteiger partial charge on any atom is 0.417 e. The number of thiazole rings is 1. The zero-order chi connectivity index (χ0) is 14.0. The summed E-state index contributed by atoms with van der Waals surface area (Å²) in [6.07, 6.45) is -3.63. The SMILES string of the molecule is OCc1sc(Sc2ccc(C(F)(F)F)cn2)nc1Cl. The molecule has 0 atom stereocenters. The van der Waals surface area contributed by atoms with Crippen LogP contribution < -0.4 is 0 Å². The molecular weight excluding hydrogens is 321 g/mol. The first-order chi connectivity index (χ1) is 8.90. The molecule has 3 nitrogen and oxygen atoms in total. The quantitative estimate of drug-likeness (QED) is 0.930. The monoisotopic (exact) mass is 326 g/mol. The lowest BCUT2D eigenvalue weighted by Crippen LogP contribution is -2.04. The van der Waals surface area contributed by atoms with Crippen molar-refractivity contribution in [3.63, 3.8) is 0 Å². The zero-order valence-electron chi connectivity index (χ0n) is 9.11. The van der Waals surface area contributed by atoms with Gasteiger partial charge in [0.2, 0.25) is 0 Å². The van der Waals surface area contributed by atoms with Gasteiger partial charge in [0.15, 0.2) is 4.34 Å². The molecule has 1 N–H and O–H groups in total. The van der Waals surface area contributed by atoms with Crippen LogP contribution in [0, 0.1) is 0 Å². The number of nitrogens with zero attached hydrogens (tertiary/aromatic N) is 2. The van der Waals surface area contributed by atoms with Crippen LogP contribution in [0.1, 0.15) is 10.4 Å². The minimum atomic E-state index is -4.40. The third-order valence-electron chi connectivity index (χ3n) is 2.03. The maximum absolute atomic E-state index is 12.3. The highest BCUT2D eigenvalue weighted by molar-refractivity contribution is 8.01. The first kappa shape index (κ1) is 14.6. The number of aliphatic hydroxyl groups excluding tert-OH is 1. The molecule has 0 aliphatic carbocycles. The van der Waals surface area contributed by atoms with E-state index in [9.17, 15) is 13.2 Å².